The molecule has 1 saturated heterocycles. The lowest BCUT2D eigenvalue weighted by molar-refractivity contribution is -0.130. The van der Waals surface area contributed by atoms with Crippen molar-refractivity contribution in [3.8, 4) is 0 Å². The summed E-state index contributed by atoms with van der Waals surface area (Å²) in [6.07, 6.45) is 5.24. The Morgan fingerprint density at radius 3 is 2.66 bits per heavy atom. The Morgan fingerprint density at radius 2 is 1.93 bits per heavy atom. The number of rotatable bonds is 5. The molecular weight excluding hydrogens is 362 g/mol. The van der Waals surface area contributed by atoms with Crippen LogP contribution in [0.5, 0.6) is 0 Å². The van der Waals surface area contributed by atoms with Crippen LogP contribution in [0, 0.1) is 6.92 Å². The van der Waals surface area contributed by atoms with Crippen LogP contribution in [-0.4, -0.2) is 36.3 Å². The second kappa shape index (κ2) is 8.39. The van der Waals surface area contributed by atoms with Gasteiger partial charge in [-0.1, -0.05) is 48.5 Å². The van der Waals surface area contributed by atoms with Crippen molar-refractivity contribution in [3.05, 3.63) is 71.3 Å². The fraction of sp³-hybridized carbons (Fsp3) is 0.375. The van der Waals surface area contributed by atoms with Crippen molar-refractivity contribution in [2.75, 3.05) is 24.5 Å². The van der Waals surface area contributed by atoms with Gasteiger partial charge in [0, 0.05) is 17.8 Å². The summed E-state index contributed by atoms with van der Waals surface area (Å²) in [4.78, 5) is 14.6. The molecule has 0 saturated carbocycles. The second-order valence-corrected chi connectivity index (χ2v) is 8.21. The van der Waals surface area contributed by atoms with Crippen molar-refractivity contribution < 1.29 is 10.0 Å². The van der Waals surface area contributed by atoms with E-state index < -0.39 is 0 Å². The van der Waals surface area contributed by atoms with Crippen LogP contribution in [0.3, 0.4) is 0 Å². The van der Waals surface area contributed by atoms with Gasteiger partial charge in [-0.15, -0.1) is 0 Å². The Hall–Kier alpha value is -2.63. The maximum Gasteiger partial charge on any atom is 0.245 e. The SMILES string of the molecule is Cc1ccc2c(c1)N(C1(CC(=O)NO)CCNCC1)CC=C2Cc1ccccc1. The van der Waals surface area contributed by atoms with Crippen LogP contribution < -0.4 is 15.7 Å². The zero-order chi connectivity index (χ0) is 20.3. The Balaban J connectivity index is 1.72. The predicted octanol–water partition coefficient (Wildman–Crippen LogP) is 3.46. The normalized spacial score (nSPS) is 18.0. The van der Waals surface area contributed by atoms with Crippen molar-refractivity contribution in [1.29, 1.82) is 0 Å². The third-order valence-corrected chi connectivity index (χ3v) is 6.27. The molecule has 0 unspecified atom stereocenters. The molecule has 4 rings (SSSR count). The number of hydrogen-bond acceptors (Lipinski definition) is 4. The molecule has 1 amide bonds. The maximum atomic E-state index is 12.2. The third kappa shape index (κ3) is 4.07. The van der Waals surface area contributed by atoms with E-state index in [2.05, 4.69) is 65.7 Å². The van der Waals surface area contributed by atoms with E-state index in [1.165, 1.54) is 28.0 Å². The molecule has 1 fully saturated rings. The number of carbonyl (C=O) groups excluding carboxylic acids is 1. The monoisotopic (exact) mass is 391 g/mol. The zero-order valence-corrected chi connectivity index (χ0v) is 16.9. The number of carbonyl (C=O) groups is 1. The number of piperidine rings is 1. The van der Waals surface area contributed by atoms with Crippen LogP contribution in [0.1, 0.15) is 36.0 Å². The van der Waals surface area contributed by atoms with Crippen LogP contribution in [0.2, 0.25) is 0 Å². The molecule has 0 spiro atoms. The molecule has 2 aliphatic rings. The number of nitrogens with one attached hydrogen (secondary N) is 2. The summed E-state index contributed by atoms with van der Waals surface area (Å²) in [5, 5.41) is 12.6. The summed E-state index contributed by atoms with van der Waals surface area (Å²) in [6.45, 7) is 4.63. The maximum absolute atomic E-state index is 12.2. The Morgan fingerprint density at radius 1 is 1.17 bits per heavy atom. The molecule has 152 valence electrons. The zero-order valence-electron chi connectivity index (χ0n) is 16.9. The quantitative estimate of drug-likeness (QED) is 0.540. The number of aryl methyl sites for hydroxylation is 1. The molecule has 0 aromatic heterocycles. The van der Waals surface area contributed by atoms with E-state index in [9.17, 15) is 10.0 Å². The Labute approximate surface area is 172 Å². The molecule has 3 N–H and O–H groups in total. The number of fused-ring (bicyclic) bond motifs is 1. The number of allylic oxidation sites excluding steroid dienone is 1. The van der Waals surface area contributed by atoms with Gasteiger partial charge >= 0.3 is 0 Å². The first-order valence-electron chi connectivity index (χ1n) is 10.4. The van der Waals surface area contributed by atoms with Crippen molar-refractivity contribution in [1.82, 2.24) is 10.8 Å². The first kappa shape index (κ1) is 19.7. The Kier molecular flexibility index (Phi) is 5.69. The van der Waals surface area contributed by atoms with Crippen LogP contribution in [0.15, 0.2) is 54.6 Å². The van der Waals surface area contributed by atoms with Gasteiger partial charge in [0.05, 0.1) is 12.0 Å². The van der Waals surface area contributed by atoms with Gasteiger partial charge in [0.2, 0.25) is 5.91 Å². The molecule has 5 nitrogen and oxygen atoms in total. The fourth-order valence-corrected chi connectivity index (χ4v) is 4.75. The number of benzene rings is 2. The highest BCUT2D eigenvalue weighted by Gasteiger charge is 2.41. The van der Waals surface area contributed by atoms with Crippen molar-refractivity contribution in [2.24, 2.45) is 0 Å². The topological polar surface area (TPSA) is 64.6 Å². The van der Waals surface area contributed by atoms with E-state index in [0.29, 0.717) is 6.42 Å². The van der Waals surface area contributed by atoms with E-state index >= 15 is 0 Å². The lowest BCUT2D eigenvalue weighted by Gasteiger charge is -2.49. The van der Waals surface area contributed by atoms with E-state index in [4.69, 9.17) is 0 Å². The van der Waals surface area contributed by atoms with Gasteiger partial charge in [-0.2, -0.15) is 0 Å². The minimum absolute atomic E-state index is 0.292. The molecule has 2 aliphatic heterocycles. The minimum atomic E-state index is -0.319. The van der Waals surface area contributed by atoms with Crippen LogP contribution in [0.25, 0.3) is 5.57 Å². The standard InChI is InChI=1S/C24H29N3O2/c1-18-7-8-21-20(16-19-5-3-2-4-6-19)9-14-27(22(21)15-18)24(17-23(28)26-29)10-12-25-13-11-24/h2-9,15,25,29H,10-14,16-17H2,1H3,(H,26,28). The fourth-order valence-electron chi connectivity index (χ4n) is 4.75. The largest absolute Gasteiger partial charge is 0.361 e. The van der Waals surface area contributed by atoms with E-state index in [1.54, 1.807) is 0 Å². The van der Waals surface area contributed by atoms with Gasteiger partial charge in [0.1, 0.15) is 0 Å². The van der Waals surface area contributed by atoms with Crippen LogP contribution in [0.4, 0.5) is 5.69 Å². The average Bonchev–Trinajstić information content (AvgIpc) is 2.75. The highest BCUT2D eigenvalue weighted by Crippen LogP contribution is 2.42. The molecular formula is C24H29N3O2. The van der Waals surface area contributed by atoms with Crippen LogP contribution in [-0.2, 0) is 11.2 Å². The van der Waals surface area contributed by atoms with Crippen molar-refractivity contribution >= 4 is 17.2 Å². The van der Waals surface area contributed by atoms with Gasteiger partial charge < -0.3 is 10.2 Å². The summed E-state index contributed by atoms with van der Waals surface area (Å²) >= 11 is 0. The average molecular weight is 392 g/mol. The van der Waals surface area contributed by atoms with Crippen molar-refractivity contribution in [2.45, 2.75) is 38.1 Å². The van der Waals surface area contributed by atoms with Gasteiger partial charge in [0.25, 0.3) is 0 Å². The van der Waals surface area contributed by atoms with E-state index in [0.717, 1.165) is 38.9 Å². The number of hydrogen-bond donors (Lipinski definition) is 3. The summed E-state index contributed by atoms with van der Waals surface area (Å²) in [6, 6.07) is 17.2. The molecule has 0 atom stereocenters. The van der Waals surface area contributed by atoms with E-state index in [-0.39, 0.29) is 11.4 Å². The predicted molar refractivity (Wildman–Crippen MR) is 116 cm³/mol. The van der Waals surface area contributed by atoms with E-state index in [1.807, 2.05) is 11.5 Å². The number of nitrogens with zero attached hydrogens (tertiary/aromatic N) is 1. The van der Waals surface area contributed by atoms with Gasteiger partial charge in [0.15, 0.2) is 0 Å². The lowest BCUT2D eigenvalue weighted by Crippen LogP contribution is -2.57. The summed E-state index contributed by atoms with van der Waals surface area (Å²) in [5.74, 6) is -0.319. The van der Waals surface area contributed by atoms with Crippen LogP contribution >= 0.6 is 0 Å². The first-order chi connectivity index (χ1) is 14.1. The number of hydroxylamine groups is 1. The molecule has 2 heterocycles. The molecule has 0 radical (unpaired) electrons. The van der Waals surface area contributed by atoms with Crippen molar-refractivity contribution in [3.63, 3.8) is 0 Å². The smallest absolute Gasteiger partial charge is 0.245 e. The van der Waals surface area contributed by atoms with Gasteiger partial charge in [-0.3, -0.25) is 10.0 Å². The number of amides is 1. The second-order valence-electron chi connectivity index (χ2n) is 8.21. The highest BCUT2D eigenvalue weighted by molar-refractivity contribution is 5.84. The molecule has 2 aromatic carbocycles. The third-order valence-electron chi connectivity index (χ3n) is 6.27. The Bertz CT molecular complexity index is 902. The lowest BCUT2D eigenvalue weighted by atomic mass is 9.80. The first-order valence-corrected chi connectivity index (χ1v) is 10.4. The molecule has 5 heteroatoms. The molecule has 29 heavy (non-hydrogen) atoms. The molecule has 0 aliphatic carbocycles. The number of anilines is 1. The summed E-state index contributed by atoms with van der Waals surface area (Å²) in [7, 11) is 0. The highest BCUT2D eigenvalue weighted by atomic mass is 16.5. The van der Waals surface area contributed by atoms with Gasteiger partial charge in [-0.25, -0.2) is 5.48 Å². The minimum Gasteiger partial charge on any atom is -0.361 e. The molecule has 0 bridgehead atoms. The summed E-state index contributed by atoms with van der Waals surface area (Å²) < 4.78 is 0. The summed E-state index contributed by atoms with van der Waals surface area (Å²) in [5.41, 5.74) is 7.84. The molecule has 2 aromatic rings. The van der Waals surface area contributed by atoms with Gasteiger partial charge in [-0.05, 0) is 62.0 Å².